The van der Waals surface area contributed by atoms with E-state index < -0.39 is 0 Å². The van der Waals surface area contributed by atoms with Gasteiger partial charge in [-0.15, -0.1) is 0 Å². The molecule has 0 bridgehead atoms. The predicted molar refractivity (Wildman–Crippen MR) is 39.0 cm³/mol. The summed E-state index contributed by atoms with van der Waals surface area (Å²) in [6, 6.07) is 0.438. The molecule has 0 aromatic heterocycles. The molecule has 1 aliphatic rings. The number of hydrogen-bond donors (Lipinski definition) is 2. The fraction of sp³-hybridized carbons (Fsp3) is 1.00. The summed E-state index contributed by atoms with van der Waals surface area (Å²) in [6.07, 6.45) is 3.47. The first-order chi connectivity index (χ1) is 4.22. The van der Waals surface area contributed by atoms with Crippen LogP contribution >= 0.6 is 0 Å². The SMILES string of the molecule is CCC1(CN)CC(N)C1. The van der Waals surface area contributed by atoms with E-state index in [0.29, 0.717) is 11.5 Å². The molecule has 54 valence electrons. The molecule has 1 aliphatic carbocycles. The van der Waals surface area contributed by atoms with Gasteiger partial charge in [-0.05, 0) is 31.2 Å². The third-order valence-corrected chi connectivity index (χ3v) is 2.57. The molecule has 0 aromatic rings. The highest BCUT2D eigenvalue weighted by Crippen LogP contribution is 2.41. The topological polar surface area (TPSA) is 52.0 Å². The minimum absolute atomic E-state index is 0.430. The van der Waals surface area contributed by atoms with Crippen LogP contribution in [0.25, 0.3) is 0 Å². The Labute approximate surface area is 56.6 Å². The fourth-order valence-corrected chi connectivity index (χ4v) is 1.65. The Bertz CT molecular complexity index is 89.1. The van der Waals surface area contributed by atoms with E-state index in [4.69, 9.17) is 11.5 Å². The van der Waals surface area contributed by atoms with E-state index in [0.717, 1.165) is 19.4 Å². The average molecular weight is 128 g/mol. The van der Waals surface area contributed by atoms with Crippen molar-refractivity contribution in [3.8, 4) is 0 Å². The van der Waals surface area contributed by atoms with Crippen molar-refractivity contribution >= 4 is 0 Å². The molecular weight excluding hydrogens is 112 g/mol. The van der Waals surface area contributed by atoms with Gasteiger partial charge in [0.1, 0.15) is 0 Å². The van der Waals surface area contributed by atoms with Crippen LogP contribution in [0.2, 0.25) is 0 Å². The number of hydrogen-bond acceptors (Lipinski definition) is 2. The Hall–Kier alpha value is -0.0800. The van der Waals surface area contributed by atoms with E-state index in [1.165, 1.54) is 6.42 Å². The van der Waals surface area contributed by atoms with Gasteiger partial charge in [-0.1, -0.05) is 6.92 Å². The molecule has 0 saturated heterocycles. The summed E-state index contributed by atoms with van der Waals surface area (Å²) >= 11 is 0. The third kappa shape index (κ3) is 1.10. The van der Waals surface area contributed by atoms with Crippen molar-refractivity contribution in [2.75, 3.05) is 6.54 Å². The van der Waals surface area contributed by atoms with Crippen LogP contribution in [0.5, 0.6) is 0 Å². The van der Waals surface area contributed by atoms with Crippen LogP contribution in [0.4, 0.5) is 0 Å². The van der Waals surface area contributed by atoms with Crippen molar-refractivity contribution in [3.63, 3.8) is 0 Å². The van der Waals surface area contributed by atoms with Gasteiger partial charge in [-0.25, -0.2) is 0 Å². The number of nitrogens with two attached hydrogens (primary N) is 2. The maximum atomic E-state index is 5.65. The lowest BCUT2D eigenvalue weighted by molar-refractivity contribution is 0.109. The molecule has 0 radical (unpaired) electrons. The first kappa shape index (κ1) is 7.03. The molecule has 1 fully saturated rings. The molecule has 0 unspecified atom stereocenters. The summed E-state index contributed by atoms with van der Waals surface area (Å²) in [5.74, 6) is 0. The molecular formula is C7H16N2. The highest BCUT2D eigenvalue weighted by molar-refractivity contribution is 4.95. The molecule has 9 heavy (non-hydrogen) atoms. The normalized spacial score (nSPS) is 42.3. The van der Waals surface area contributed by atoms with Crippen molar-refractivity contribution in [2.24, 2.45) is 16.9 Å². The molecule has 0 heterocycles. The van der Waals surface area contributed by atoms with Crippen LogP contribution in [0.3, 0.4) is 0 Å². The summed E-state index contributed by atoms with van der Waals surface area (Å²) in [5.41, 5.74) is 11.7. The quantitative estimate of drug-likeness (QED) is 0.567. The van der Waals surface area contributed by atoms with E-state index in [9.17, 15) is 0 Å². The van der Waals surface area contributed by atoms with Crippen LogP contribution in [0.1, 0.15) is 26.2 Å². The van der Waals surface area contributed by atoms with Crippen molar-refractivity contribution in [1.29, 1.82) is 0 Å². The molecule has 0 atom stereocenters. The highest BCUT2D eigenvalue weighted by Gasteiger charge is 2.39. The molecule has 0 aromatic carbocycles. The Morgan fingerprint density at radius 3 is 2.22 bits per heavy atom. The summed E-state index contributed by atoms with van der Waals surface area (Å²) in [6.45, 7) is 3.01. The lowest BCUT2D eigenvalue weighted by Gasteiger charge is -2.45. The van der Waals surface area contributed by atoms with Crippen molar-refractivity contribution in [3.05, 3.63) is 0 Å². The van der Waals surface area contributed by atoms with Crippen molar-refractivity contribution in [2.45, 2.75) is 32.2 Å². The summed E-state index contributed by atoms with van der Waals surface area (Å²) in [4.78, 5) is 0. The van der Waals surface area contributed by atoms with Crippen LogP contribution in [-0.2, 0) is 0 Å². The standard InChI is InChI=1S/C7H16N2/c1-2-7(5-8)3-6(9)4-7/h6H,2-5,8-9H2,1H3. The summed E-state index contributed by atoms with van der Waals surface area (Å²) < 4.78 is 0. The molecule has 1 rings (SSSR count). The first-order valence-electron chi connectivity index (χ1n) is 3.68. The second-order valence-electron chi connectivity index (χ2n) is 3.23. The Balaban J connectivity index is 2.36. The van der Waals surface area contributed by atoms with Crippen LogP contribution in [-0.4, -0.2) is 12.6 Å². The van der Waals surface area contributed by atoms with Crippen LogP contribution in [0, 0.1) is 5.41 Å². The smallest absolute Gasteiger partial charge is 0.00503 e. The highest BCUT2D eigenvalue weighted by atomic mass is 14.7. The fourth-order valence-electron chi connectivity index (χ4n) is 1.65. The molecule has 0 spiro atoms. The molecule has 1 saturated carbocycles. The van der Waals surface area contributed by atoms with Gasteiger partial charge in [-0.2, -0.15) is 0 Å². The van der Waals surface area contributed by atoms with Crippen LogP contribution < -0.4 is 11.5 Å². The van der Waals surface area contributed by atoms with E-state index >= 15 is 0 Å². The second-order valence-corrected chi connectivity index (χ2v) is 3.23. The van der Waals surface area contributed by atoms with Crippen molar-refractivity contribution < 1.29 is 0 Å². The van der Waals surface area contributed by atoms with Gasteiger partial charge in [0.15, 0.2) is 0 Å². The monoisotopic (exact) mass is 128 g/mol. The van der Waals surface area contributed by atoms with E-state index in [2.05, 4.69) is 6.92 Å². The van der Waals surface area contributed by atoms with E-state index in [-0.39, 0.29) is 0 Å². The largest absolute Gasteiger partial charge is 0.330 e. The Morgan fingerprint density at radius 2 is 2.11 bits per heavy atom. The average Bonchev–Trinajstić information content (AvgIpc) is 1.81. The summed E-state index contributed by atoms with van der Waals surface area (Å²) in [5, 5.41) is 0. The van der Waals surface area contributed by atoms with Crippen LogP contribution in [0.15, 0.2) is 0 Å². The molecule has 2 heteroatoms. The molecule has 0 amide bonds. The summed E-state index contributed by atoms with van der Waals surface area (Å²) in [7, 11) is 0. The first-order valence-corrected chi connectivity index (χ1v) is 3.68. The lowest BCUT2D eigenvalue weighted by atomic mass is 9.64. The Morgan fingerprint density at radius 1 is 1.56 bits per heavy atom. The van der Waals surface area contributed by atoms with Gasteiger partial charge in [0.25, 0.3) is 0 Å². The zero-order valence-electron chi connectivity index (χ0n) is 6.06. The van der Waals surface area contributed by atoms with Gasteiger partial charge < -0.3 is 11.5 Å². The van der Waals surface area contributed by atoms with Gasteiger partial charge in [-0.3, -0.25) is 0 Å². The third-order valence-electron chi connectivity index (χ3n) is 2.57. The van der Waals surface area contributed by atoms with Crippen molar-refractivity contribution in [1.82, 2.24) is 0 Å². The Kier molecular flexibility index (Phi) is 1.78. The van der Waals surface area contributed by atoms with Gasteiger partial charge >= 0.3 is 0 Å². The number of rotatable bonds is 2. The van der Waals surface area contributed by atoms with Gasteiger partial charge in [0, 0.05) is 6.04 Å². The predicted octanol–water partition coefficient (Wildman–Crippen LogP) is 0.463. The lowest BCUT2D eigenvalue weighted by Crippen LogP contribution is -2.49. The van der Waals surface area contributed by atoms with E-state index in [1.807, 2.05) is 0 Å². The minimum atomic E-state index is 0.430. The van der Waals surface area contributed by atoms with Gasteiger partial charge in [0.2, 0.25) is 0 Å². The maximum absolute atomic E-state index is 5.65. The maximum Gasteiger partial charge on any atom is 0.00503 e. The molecule has 4 N–H and O–H groups in total. The zero-order valence-corrected chi connectivity index (χ0v) is 6.06. The zero-order chi connectivity index (χ0) is 6.91. The van der Waals surface area contributed by atoms with Gasteiger partial charge in [0.05, 0.1) is 0 Å². The van der Waals surface area contributed by atoms with E-state index in [1.54, 1.807) is 0 Å². The minimum Gasteiger partial charge on any atom is -0.330 e. The molecule has 0 aliphatic heterocycles. The second kappa shape index (κ2) is 2.27. The molecule has 2 nitrogen and oxygen atoms in total.